The number of H-pyrrole nitrogens is 1. The fourth-order valence-corrected chi connectivity index (χ4v) is 3.43. The number of anilines is 2. The van der Waals surface area contributed by atoms with Crippen LogP contribution in [0.4, 0.5) is 11.4 Å². The number of rotatable bonds is 4. The number of amides is 1. The molecule has 0 aliphatic carbocycles. The van der Waals surface area contributed by atoms with Crippen LogP contribution >= 0.6 is 0 Å². The molecular weight excluding hydrogens is 368 g/mol. The van der Waals surface area contributed by atoms with Gasteiger partial charge in [0.1, 0.15) is 5.69 Å². The molecule has 3 heterocycles. The van der Waals surface area contributed by atoms with Crippen LogP contribution in [0.2, 0.25) is 0 Å². The molecule has 3 N–H and O–H groups in total. The van der Waals surface area contributed by atoms with Crippen LogP contribution in [0.5, 0.6) is 0 Å². The molecule has 0 spiro atoms. The van der Waals surface area contributed by atoms with Crippen molar-refractivity contribution in [3.8, 4) is 11.1 Å². The van der Waals surface area contributed by atoms with Gasteiger partial charge < -0.3 is 20.3 Å². The van der Waals surface area contributed by atoms with Crippen LogP contribution in [-0.2, 0) is 0 Å². The number of benzene rings is 1. The number of carbonyl (C=O) groups is 1. The lowest BCUT2D eigenvalue weighted by Gasteiger charge is -2.31. The molecule has 1 aliphatic rings. The number of pyridine rings is 2. The van der Waals surface area contributed by atoms with Crippen LogP contribution in [0.25, 0.3) is 11.1 Å². The van der Waals surface area contributed by atoms with Gasteiger partial charge in [0.05, 0.1) is 6.10 Å². The average Bonchev–Trinajstić information content (AvgIpc) is 2.76. The Bertz CT molecular complexity index is 1040. The third-order valence-electron chi connectivity index (χ3n) is 5.12. The van der Waals surface area contributed by atoms with Crippen molar-refractivity contribution in [1.82, 2.24) is 9.97 Å². The molecule has 1 fully saturated rings. The Balaban J connectivity index is 1.49. The molecular formula is C22H22N4O3. The predicted molar refractivity (Wildman–Crippen MR) is 112 cm³/mol. The summed E-state index contributed by atoms with van der Waals surface area (Å²) in [6, 6.07) is 12.6. The molecule has 2 aromatic heterocycles. The number of aromatic amines is 1. The van der Waals surface area contributed by atoms with E-state index in [1.54, 1.807) is 36.8 Å². The number of hydrogen-bond donors (Lipinski definition) is 3. The molecule has 0 radical (unpaired) electrons. The molecule has 3 aromatic rings. The van der Waals surface area contributed by atoms with E-state index in [4.69, 9.17) is 0 Å². The minimum absolute atomic E-state index is 0.193. The lowest BCUT2D eigenvalue weighted by molar-refractivity contribution is 0.102. The van der Waals surface area contributed by atoms with Gasteiger partial charge >= 0.3 is 0 Å². The Morgan fingerprint density at radius 2 is 1.76 bits per heavy atom. The standard InChI is InChI=1S/C22H22N4O3/c27-19-7-11-26(12-8-19)18-3-1-16(2-4-18)21(28)25-20-13-17(14-24-22(20)29)15-5-9-23-10-6-15/h1-6,9-10,13-14,19,27H,7-8,11-12H2,(H,24,29)(H,25,28). The zero-order valence-electron chi connectivity index (χ0n) is 15.8. The molecule has 1 amide bonds. The SMILES string of the molecule is O=C(Nc1cc(-c2ccncc2)c[nH]c1=O)c1ccc(N2CCC(O)CC2)cc1. The topological polar surface area (TPSA) is 98.3 Å². The van der Waals surface area contributed by atoms with Crippen molar-refractivity contribution >= 4 is 17.3 Å². The maximum absolute atomic E-state index is 12.6. The highest BCUT2D eigenvalue weighted by atomic mass is 16.3. The van der Waals surface area contributed by atoms with E-state index >= 15 is 0 Å². The van der Waals surface area contributed by atoms with Gasteiger partial charge in [-0.1, -0.05) is 0 Å². The lowest BCUT2D eigenvalue weighted by atomic mass is 10.1. The molecule has 0 saturated carbocycles. The van der Waals surface area contributed by atoms with Gasteiger partial charge in [0.15, 0.2) is 0 Å². The first-order valence-electron chi connectivity index (χ1n) is 9.58. The molecule has 0 unspecified atom stereocenters. The van der Waals surface area contributed by atoms with Crippen molar-refractivity contribution in [2.75, 3.05) is 23.3 Å². The number of carbonyl (C=O) groups excluding carboxylic acids is 1. The van der Waals surface area contributed by atoms with Crippen molar-refractivity contribution in [1.29, 1.82) is 0 Å². The van der Waals surface area contributed by atoms with Gasteiger partial charge in [0, 0.05) is 48.5 Å². The van der Waals surface area contributed by atoms with E-state index in [1.807, 2.05) is 24.3 Å². The molecule has 1 saturated heterocycles. The van der Waals surface area contributed by atoms with Crippen LogP contribution in [0.3, 0.4) is 0 Å². The second-order valence-electron chi connectivity index (χ2n) is 7.09. The zero-order valence-corrected chi connectivity index (χ0v) is 15.8. The quantitative estimate of drug-likeness (QED) is 0.636. The first-order valence-corrected chi connectivity index (χ1v) is 9.58. The summed E-state index contributed by atoms with van der Waals surface area (Å²) in [5.74, 6) is -0.344. The molecule has 1 aliphatic heterocycles. The van der Waals surface area contributed by atoms with Crippen LogP contribution in [0.15, 0.2) is 65.8 Å². The molecule has 148 valence electrons. The smallest absolute Gasteiger partial charge is 0.271 e. The van der Waals surface area contributed by atoms with E-state index in [9.17, 15) is 14.7 Å². The van der Waals surface area contributed by atoms with Crippen LogP contribution in [0, 0.1) is 0 Å². The third kappa shape index (κ3) is 4.35. The summed E-state index contributed by atoms with van der Waals surface area (Å²) in [6.07, 6.45) is 6.22. The van der Waals surface area contributed by atoms with Gasteiger partial charge in [-0.05, 0) is 60.9 Å². The van der Waals surface area contributed by atoms with Crippen LogP contribution < -0.4 is 15.8 Å². The molecule has 0 bridgehead atoms. The normalized spacial score (nSPS) is 14.6. The minimum Gasteiger partial charge on any atom is -0.393 e. The van der Waals surface area contributed by atoms with Gasteiger partial charge in [0.25, 0.3) is 11.5 Å². The molecule has 7 heteroatoms. The van der Waals surface area contributed by atoms with Crippen molar-refractivity contribution in [3.05, 3.63) is 77.0 Å². The second-order valence-corrected chi connectivity index (χ2v) is 7.09. The number of piperidine rings is 1. The Hall–Kier alpha value is -3.45. The number of nitrogens with one attached hydrogen (secondary N) is 2. The maximum Gasteiger partial charge on any atom is 0.271 e. The molecule has 0 atom stereocenters. The predicted octanol–water partition coefficient (Wildman–Crippen LogP) is 2.65. The first-order chi connectivity index (χ1) is 14.1. The fraction of sp³-hybridized carbons (Fsp3) is 0.227. The Morgan fingerprint density at radius 3 is 2.45 bits per heavy atom. The second kappa shape index (κ2) is 8.28. The summed E-state index contributed by atoms with van der Waals surface area (Å²) >= 11 is 0. The highest BCUT2D eigenvalue weighted by Crippen LogP contribution is 2.22. The van der Waals surface area contributed by atoms with E-state index in [1.165, 1.54) is 0 Å². The summed E-state index contributed by atoms with van der Waals surface area (Å²) < 4.78 is 0. The molecule has 1 aromatic carbocycles. The molecule has 4 rings (SSSR count). The zero-order chi connectivity index (χ0) is 20.2. The van der Waals surface area contributed by atoms with Crippen molar-refractivity contribution in [3.63, 3.8) is 0 Å². The number of aliphatic hydroxyl groups is 1. The number of aromatic nitrogens is 2. The van der Waals surface area contributed by atoms with Gasteiger partial charge in [-0.15, -0.1) is 0 Å². The Morgan fingerprint density at radius 1 is 1.07 bits per heavy atom. The van der Waals surface area contributed by atoms with E-state index in [2.05, 4.69) is 20.2 Å². The number of nitrogens with zero attached hydrogens (tertiary/aromatic N) is 2. The Labute approximate surface area is 168 Å². The highest BCUT2D eigenvalue weighted by Gasteiger charge is 2.17. The van der Waals surface area contributed by atoms with Crippen LogP contribution in [0.1, 0.15) is 23.2 Å². The lowest BCUT2D eigenvalue weighted by Crippen LogP contribution is -2.35. The van der Waals surface area contributed by atoms with E-state index in [-0.39, 0.29) is 23.3 Å². The largest absolute Gasteiger partial charge is 0.393 e. The monoisotopic (exact) mass is 390 g/mol. The van der Waals surface area contributed by atoms with Gasteiger partial charge in [0.2, 0.25) is 0 Å². The molecule has 7 nitrogen and oxygen atoms in total. The number of hydrogen-bond acceptors (Lipinski definition) is 5. The third-order valence-corrected chi connectivity index (χ3v) is 5.12. The van der Waals surface area contributed by atoms with E-state index in [0.29, 0.717) is 5.56 Å². The average molecular weight is 390 g/mol. The molecule has 29 heavy (non-hydrogen) atoms. The fourth-order valence-electron chi connectivity index (χ4n) is 3.43. The van der Waals surface area contributed by atoms with Crippen molar-refractivity contribution in [2.24, 2.45) is 0 Å². The van der Waals surface area contributed by atoms with E-state index in [0.717, 1.165) is 42.7 Å². The summed E-state index contributed by atoms with van der Waals surface area (Å²) in [5.41, 5.74) is 3.00. The summed E-state index contributed by atoms with van der Waals surface area (Å²) in [7, 11) is 0. The summed E-state index contributed by atoms with van der Waals surface area (Å²) in [6.45, 7) is 1.59. The first kappa shape index (κ1) is 18.9. The maximum atomic E-state index is 12.6. The number of aliphatic hydroxyl groups excluding tert-OH is 1. The van der Waals surface area contributed by atoms with Crippen molar-refractivity contribution < 1.29 is 9.90 Å². The minimum atomic E-state index is -0.361. The van der Waals surface area contributed by atoms with Crippen LogP contribution in [-0.4, -0.2) is 40.2 Å². The highest BCUT2D eigenvalue weighted by molar-refractivity contribution is 6.04. The Kier molecular flexibility index (Phi) is 5.39. The summed E-state index contributed by atoms with van der Waals surface area (Å²) in [5, 5.41) is 12.3. The van der Waals surface area contributed by atoms with Crippen molar-refractivity contribution in [2.45, 2.75) is 18.9 Å². The van der Waals surface area contributed by atoms with Gasteiger partial charge in [-0.3, -0.25) is 14.6 Å². The summed E-state index contributed by atoms with van der Waals surface area (Å²) in [4.78, 5) is 33.6. The van der Waals surface area contributed by atoms with Gasteiger partial charge in [-0.25, -0.2) is 0 Å². The van der Waals surface area contributed by atoms with E-state index < -0.39 is 0 Å². The van der Waals surface area contributed by atoms with Gasteiger partial charge in [-0.2, -0.15) is 0 Å².